The third kappa shape index (κ3) is 3.03. The minimum Gasteiger partial charge on any atom is -0.508 e. The van der Waals surface area contributed by atoms with Crippen molar-refractivity contribution in [1.29, 1.82) is 0 Å². The number of nitrogens with one attached hydrogen (secondary N) is 1. The number of methoxy groups -OCH3 is 1. The summed E-state index contributed by atoms with van der Waals surface area (Å²) in [6.45, 7) is 1.75. The van der Waals surface area contributed by atoms with Crippen molar-refractivity contribution in [2.24, 2.45) is 0 Å². The van der Waals surface area contributed by atoms with Gasteiger partial charge in [-0.2, -0.15) is 0 Å². The number of benzene rings is 2. The van der Waals surface area contributed by atoms with E-state index in [4.69, 9.17) is 16.3 Å². The fraction of sp³-hybridized carbons (Fsp3) is 0.133. The van der Waals surface area contributed by atoms with Gasteiger partial charge in [0.2, 0.25) is 0 Å². The van der Waals surface area contributed by atoms with E-state index in [1.165, 1.54) is 19.2 Å². The molecular weight excluding hydrogens is 278 g/mol. The zero-order valence-corrected chi connectivity index (χ0v) is 11.9. The van der Waals surface area contributed by atoms with Crippen molar-refractivity contribution in [3.63, 3.8) is 0 Å². The summed E-state index contributed by atoms with van der Waals surface area (Å²) in [6.07, 6.45) is 0. The van der Waals surface area contributed by atoms with E-state index in [1.807, 2.05) is 0 Å². The van der Waals surface area contributed by atoms with Crippen LogP contribution in [0.1, 0.15) is 15.9 Å². The summed E-state index contributed by atoms with van der Waals surface area (Å²) in [4.78, 5) is 12.2. The minimum atomic E-state index is -0.289. The van der Waals surface area contributed by atoms with Gasteiger partial charge in [-0.1, -0.05) is 11.6 Å². The zero-order chi connectivity index (χ0) is 14.7. The number of carbonyl (C=O) groups excluding carboxylic acids is 1. The Morgan fingerprint density at radius 1 is 1.25 bits per heavy atom. The van der Waals surface area contributed by atoms with Crippen molar-refractivity contribution in [3.8, 4) is 11.5 Å². The molecule has 2 aromatic carbocycles. The third-order valence-corrected chi connectivity index (χ3v) is 3.10. The molecule has 2 rings (SSSR count). The van der Waals surface area contributed by atoms with E-state index in [9.17, 15) is 9.90 Å². The number of phenols is 1. The number of aryl methyl sites for hydroxylation is 1. The zero-order valence-electron chi connectivity index (χ0n) is 11.1. The van der Waals surface area contributed by atoms with Gasteiger partial charge in [0, 0.05) is 10.6 Å². The van der Waals surface area contributed by atoms with Crippen molar-refractivity contribution < 1.29 is 14.6 Å². The molecule has 0 unspecified atom stereocenters. The minimum absolute atomic E-state index is 0.124. The van der Waals surface area contributed by atoms with Crippen molar-refractivity contribution in [2.45, 2.75) is 6.92 Å². The molecule has 0 saturated heterocycles. The van der Waals surface area contributed by atoms with Crippen LogP contribution in [0.2, 0.25) is 5.02 Å². The van der Waals surface area contributed by atoms with Gasteiger partial charge in [-0.05, 0) is 48.9 Å². The maximum absolute atomic E-state index is 12.2. The molecule has 0 aliphatic carbocycles. The van der Waals surface area contributed by atoms with E-state index in [0.717, 1.165) is 0 Å². The number of carbonyl (C=O) groups is 1. The number of halogens is 1. The van der Waals surface area contributed by atoms with Crippen LogP contribution in [-0.2, 0) is 0 Å². The highest BCUT2D eigenvalue weighted by Gasteiger charge is 2.12. The first kappa shape index (κ1) is 14.2. The van der Waals surface area contributed by atoms with Crippen LogP contribution in [0, 0.1) is 6.92 Å². The molecule has 0 spiro atoms. The van der Waals surface area contributed by atoms with Crippen molar-refractivity contribution in [2.75, 3.05) is 12.4 Å². The van der Waals surface area contributed by atoms with E-state index >= 15 is 0 Å². The van der Waals surface area contributed by atoms with E-state index in [2.05, 4.69) is 5.32 Å². The Kier molecular flexibility index (Phi) is 4.15. The van der Waals surface area contributed by atoms with Crippen LogP contribution in [0.15, 0.2) is 36.4 Å². The lowest BCUT2D eigenvalue weighted by atomic mass is 10.1. The van der Waals surface area contributed by atoms with Gasteiger partial charge >= 0.3 is 0 Å². The Balaban J connectivity index is 2.30. The molecule has 2 aromatic rings. The normalized spacial score (nSPS) is 10.2. The Bertz CT molecular complexity index is 656. The summed E-state index contributed by atoms with van der Waals surface area (Å²) in [6, 6.07) is 9.55. The SMILES string of the molecule is COc1ccc(Cl)cc1NC(=O)c1ccc(O)cc1C. The molecule has 5 heteroatoms. The predicted octanol–water partition coefficient (Wildman–Crippen LogP) is 3.61. The van der Waals surface area contributed by atoms with Gasteiger partial charge < -0.3 is 15.2 Å². The number of rotatable bonds is 3. The molecule has 0 aromatic heterocycles. The summed E-state index contributed by atoms with van der Waals surface area (Å²) in [5, 5.41) is 12.6. The van der Waals surface area contributed by atoms with Gasteiger partial charge in [0.25, 0.3) is 5.91 Å². The molecule has 0 aliphatic rings. The van der Waals surface area contributed by atoms with Gasteiger partial charge in [-0.3, -0.25) is 4.79 Å². The Labute approximate surface area is 122 Å². The summed E-state index contributed by atoms with van der Waals surface area (Å²) in [5.41, 5.74) is 1.66. The molecule has 20 heavy (non-hydrogen) atoms. The molecule has 0 saturated carbocycles. The maximum Gasteiger partial charge on any atom is 0.256 e. The molecule has 104 valence electrons. The molecular formula is C15H14ClNO3. The summed E-state index contributed by atoms with van der Waals surface area (Å²) in [7, 11) is 1.52. The first-order chi connectivity index (χ1) is 9.51. The number of ether oxygens (including phenoxy) is 1. The van der Waals surface area contributed by atoms with E-state index in [1.54, 1.807) is 31.2 Å². The number of phenolic OH excluding ortho intramolecular Hbond substituents is 1. The number of aromatic hydroxyl groups is 1. The summed E-state index contributed by atoms with van der Waals surface area (Å²) in [5.74, 6) is 0.363. The first-order valence-electron chi connectivity index (χ1n) is 5.96. The standard InChI is InChI=1S/C15H14ClNO3/c1-9-7-11(18)4-5-12(9)15(19)17-13-8-10(16)3-6-14(13)20-2/h3-8,18H,1-2H3,(H,17,19). The topological polar surface area (TPSA) is 58.6 Å². The number of hydrogen-bond acceptors (Lipinski definition) is 3. The van der Waals surface area contributed by atoms with E-state index in [-0.39, 0.29) is 11.7 Å². The van der Waals surface area contributed by atoms with Crippen molar-refractivity contribution in [1.82, 2.24) is 0 Å². The molecule has 0 atom stereocenters. The predicted molar refractivity (Wildman–Crippen MR) is 78.8 cm³/mol. The fourth-order valence-corrected chi connectivity index (χ4v) is 2.04. The van der Waals surface area contributed by atoms with Crippen LogP contribution in [-0.4, -0.2) is 18.1 Å². The van der Waals surface area contributed by atoms with Crippen LogP contribution in [0.5, 0.6) is 11.5 Å². The number of amides is 1. The monoisotopic (exact) mass is 291 g/mol. The van der Waals surface area contributed by atoms with Crippen LogP contribution in [0.3, 0.4) is 0 Å². The maximum atomic E-state index is 12.2. The first-order valence-corrected chi connectivity index (χ1v) is 6.33. The Morgan fingerprint density at radius 2 is 2.00 bits per heavy atom. The Hall–Kier alpha value is -2.20. The third-order valence-electron chi connectivity index (χ3n) is 2.86. The fourth-order valence-electron chi connectivity index (χ4n) is 1.87. The van der Waals surface area contributed by atoms with Gasteiger partial charge in [-0.25, -0.2) is 0 Å². The second kappa shape index (κ2) is 5.84. The van der Waals surface area contributed by atoms with Gasteiger partial charge in [0.05, 0.1) is 12.8 Å². The lowest BCUT2D eigenvalue weighted by molar-refractivity contribution is 0.102. The lowest BCUT2D eigenvalue weighted by Crippen LogP contribution is -2.14. The molecule has 0 aliphatic heterocycles. The molecule has 2 N–H and O–H groups in total. The molecule has 4 nitrogen and oxygen atoms in total. The average Bonchev–Trinajstić information content (AvgIpc) is 2.38. The highest BCUT2D eigenvalue weighted by Crippen LogP contribution is 2.28. The Morgan fingerprint density at radius 3 is 2.65 bits per heavy atom. The van der Waals surface area contributed by atoms with E-state index < -0.39 is 0 Å². The van der Waals surface area contributed by atoms with E-state index in [0.29, 0.717) is 27.6 Å². The lowest BCUT2D eigenvalue weighted by Gasteiger charge is -2.11. The quantitative estimate of drug-likeness (QED) is 0.908. The van der Waals surface area contributed by atoms with Crippen molar-refractivity contribution in [3.05, 3.63) is 52.5 Å². The molecule has 0 bridgehead atoms. The number of hydrogen-bond donors (Lipinski definition) is 2. The molecule has 1 amide bonds. The van der Waals surface area contributed by atoms with Crippen LogP contribution < -0.4 is 10.1 Å². The van der Waals surface area contributed by atoms with Gasteiger partial charge in [0.15, 0.2) is 0 Å². The highest BCUT2D eigenvalue weighted by atomic mass is 35.5. The summed E-state index contributed by atoms with van der Waals surface area (Å²) >= 11 is 5.92. The second-order valence-corrected chi connectivity index (χ2v) is 4.73. The van der Waals surface area contributed by atoms with Crippen LogP contribution >= 0.6 is 11.6 Å². The van der Waals surface area contributed by atoms with Gasteiger partial charge in [-0.15, -0.1) is 0 Å². The number of anilines is 1. The molecule has 0 fully saturated rings. The molecule has 0 radical (unpaired) electrons. The largest absolute Gasteiger partial charge is 0.508 e. The molecule has 0 heterocycles. The average molecular weight is 292 g/mol. The van der Waals surface area contributed by atoms with Crippen molar-refractivity contribution >= 4 is 23.2 Å². The van der Waals surface area contributed by atoms with Crippen LogP contribution in [0.4, 0.5) is 5.69 Å². The highest BCUT2D eigenvalue weighted by molar-refractivity contribution is 6.31. The second-order valence-electron chi connectivity index (χ2n) is 4.30. The smallest absolute Gasteiger partial charge is 0.256 e. The summed E-state index contributed by atoms with van der Waals surface area (Å²) < 4.78 is 5.17. The van der Waals surface area contributed by atoms with Crippen LogP contribution in [0.25, 0.3) is 0 Å². The van der Waals surface area contributed by atoms with Gasteiger partial charge in [0.1, 0.15) is 11.5 Å².